The Morgan fingerprint density at radius 3 is 2.00 bits per heavy atom. The van der Waals surface area contributed by atoms with Gasteiger partial charge in [-0.05, 0) is 46.7 Å². The molecule has 0 atom stereocenters. The topological polar surface area (TPSA) is 44.1 Å². The average molecular weight is 501 g/mol. The number of hydrogen-bond donors (Lipinski definition) is 0. The highest BCUT2D eigenvalue weighted by molar-refractivity contribution is 6.20. The highest BCUT2D eigenvalue weighted by Crippen LogP contribution is 2.42. The van der Waals surface area contributed by atoms with Crippen molar-refractivity contribution in [3.05, 3.63) is 121 Å². The van der Waals surface area contributed by atoms with Gasteiger partial charge in [-0.2, -0.15) is 4.98 Å². The number of furan rings is 1. The predicted molar refractivity (Wildman–Crippen MR) is 159 cm³/mol. The summed E-state index contributed by atoms with van der Waals surface area (Å²) in [6.45, 7) is 0. The van der Waals surface area contributed by atoms with Crippen LogP contribution in [0.15, 0.2) is 130 Å². The third-order valence-corrected chi connectivity index (χ3v) is 7.82. The van der Waals surface area contributed by atoms with Crippen LogP contribution < -0.4 is 0 Å². The zero-order valence-corrected chi connectivity index (χ0v) is 20.8. The van der Waals surface area contributed by atoms with E-state index in [4.69, 9.17) is 13.8 Å². The van der Waals surface area contributed by atoms with Gasteiger partial charge in [-0.1, -0.05) is 91.0 Å². The Morgan fingerprint density at radius 2 is 1.21 bits per heavy atom. The molecule has 6 aromatic carbocycles. The summed E-state index contributed by atoms with van der Waals surface area (Å²) in [6.07, 6.45) is 0. The number of benzene rings is 6. The minimum atomic E-state index is 0.546. The van der Waals surface area contributed by atoms with Crippen LogP contribution in [0.3, 0.4) is 0 Å². The summed E-state index contributed by atoms with van der Waals surface area (Å²) in [5.74, 6) is 0. The summed E-state index contributed by atoms with van der Waals surface area (Å²) in [5, 5.41) is 6.71. The van der Waals surface area contributed by atoms with Gasteiger partial charge in [0.05, 0.1) is 16.4 Å². The predicted octanol–water partition coefficient (Wildman–Crippen LogP) is 9.64. The Balaban J connectivity index is 1.40. The molecule has 0 saturated heterocycles. The van der Waals surface area contributed by atoms with Crippen LogP contribution >= 0.6 is 0 Å². The maximum absolute atomic E-state index is 6.66. The minimum Gasteiger partial charge on any atom is -0.455 e. The molecule has 0 unspecified atom stereocenters. The molecule has 4 nitrogen and oxygen atoms in total. The van der Waals surface area contributed by atoms with E-state index in [1.807, 2.05) is 18.2 Å². The summed E-state index contributed by atoms with van der Waals surface area (Å²) in [7, 11) is 0. The van der Waals surface area contributed by atoms with Gasteiger partial charge in [0.25, 0.3) is 0 Å². The van der Waals surface area contributed by atoms with Crippen LogP contribution in [0.5, 0.6) is 0 Å². The molecule has 3 aromatic heterocycles. The van der Waals surface area contributed by atoms with E-state index in [2.05, 4.69) is 108 Å². The lowest BCUT2D eigenvalue weighted by atomic mass is 9.98. The van der Waals surface area contributed by atoms with Crippen LogP contribution in [-0.2, 0) is 0 Å². The molecule has 0 aliphatic carbocycles. The zero-order valence-electron chi connectivity index (χ0n) is 20.8. The minimum absolute atomic E-state index is 0.546. The molecule has 0 spiro atoms. The first-order chi connectivity index (χ1) is 19.3. The molecule has 0 fully saturated rings. The largest absolute Gasteiger partial charge is 0.455 e. The smallest absolute Gasteiger partial charge is 0.307 e. The molecule has 4 heteroatoms. The highest BCUT2D eigenvalue weighted by Gasteiger charge is 2.22. The van der Waals surface area contributed by atoms with Crippen LogP contribution in [0.2, 0.25) is 0 Å². The Labute approximate surface area is 222 Å². The third-order valence-electron chi connectivity index (χ3n) is 7.82. The molecule has 39 heavy (non-hydrogen) atoms. The lowest BCUT2D eigenvalue weighted by Gasteiger charge is -2.05. The second-order valence-electron chi connectivity index (χ2n) is 10.0. The average Bonchev–Trinajstić information content (AvgIpc) is 3.67. The van der Waals surface area contributed by atoms with Crippen molar-refractivity contribution < 1.29 is 8.83 Å². The van der Waals surface area contributed by atoms with Crippen LogP contribution in [0, 0.1) is 0 Å². The summed E-state index contributed by atoms with van der Waals surface area (Å²) >= 11 is 0. The molecule has 0 N–H and O–H groups in total. The van der Waals surface area contributed by atoms with Crippen molar-refractivity contribution >= 4 is 65.6 Å². The van der Waals surface area contributed by atoms with Gasteiger partial charge in [0.1, 0.15) is 16.7 Å². The molecule has 0 saturated carbocycles. The summed E-state index contributed by atoms with van der Waals surface area (Å²) in [4.78, 5) is 5.10. The summed E-state index contributed by atoms with van der Waals surface area (Å²) in [6, 6.07) is 42.5. The van der Waals surface area contributed by atoms with Crippen LogP contribution in [0.1, 0.15) is 0 Å². The molecule has 0 aliphatic rings. The van der Waals surface area contributed by atoms with Crippen molar-refractivity contribution in [3.8, 4) is 17.1 Å². The van der Waals surface area contributed by atoms with Gasteiger partial charge in [-0.3, -0.25) is 4.57 Å². The Kier molecular flexibility index (Phi) is 4.02. The van der Waals surface area contributed by atoms with Crippen LogP contribution in [0.25, 0.3) is 82.8 Å². The Hall–Kier alpha value is -5.35. The lowest BCUT2D eigenvalue weighted by Crippen LogP contribution is -1.93. The quantitative estimate of drug-likeness (QED) is 0.237. The van der Waals surface area contributed by atoms with Crippen molar-refractivity contribution in [1.82, 2.24) is 9.55 Å². The van der Waals surface area contributed by atoms with Crippen molar-refractivity contribution in [2.24, 2.45) is 0 Å². The monoisotopic (exact) mass is 500 g/mol. The normalized spacial score (nSPS) is 12.1. The summed E-state index contributed by atoms with van der Waals surface area (Å²) in [5.41, 5.74) is 7.38. The molecule has 3 heterocycles. The van der Waals surface area contributed by atoms with Crippen molar-refractivity contribution in [1.29, 1.82) is 0 Å². The first-order valence-electron chi connectivity index (χ1n) is 13.1. The van der Waals surface area contributed by atoms with Gasteiger partial charge in [0.15, 0.2) is 5.58 Å². The molecular weight excluding hydrogens is 480 g/mol. The molecular formula is C35H20N2O2. The molecule has 0 amide bonds. The second kappa shape index (κ2) is 7.59. The van der Waals surface area contributed by atoms with E-state index in [-0.39, 0.29) is 0 Å². The Bertz CT molecular complexity index is 2350. The van der Waals surface area contributed by atoms with E-state index in [1.54, 1.807) is 0 Å². The number of nitrogens with zero attached hydrogens (tertiary/aromatic N) is 2. The van der Waals surface area contributed by atoms with E-state index >= 15 is 0 Å². The van der Waals surface area contributed by atoms with E-state index in [9.17, 15) is 0 Å². The molecule has 182 valence electrons. The fourth-order valence-electron chi connectivity index (χ4n) is 6.06. The van der Waals surface area contributed by atoms with E-state index in [0.29, 0.717) is 6.01 Å². The first-order valence-corrected chi connectivity index (χ1v) is 13.1. The van der Waals surface area contributed by atoms with Gasteiger partial charge >= 0.3 is 6.01 Å². The number of fused-ring (bicyclic) bond motifs is 9. The van der Waals surface area contributed by atoms with Gasteiger partial charge in [0.2, 0.25) is 0 Å². The van der Waals surface area contributed by atoms with Crippen molar-refractivity contribution in [2.45, 2.75) is 0 Å². The van der Waals surface area contributed by atoms with Gasteiger partial charge < -0.3 is 8.83 Å². The maximum Gasteiger partial charge on any atom is 0.307 e. The van der Waals surface area contributed by atoms with E-state index in [1.165, 1.54) is 21.5 Å². The maximum atomic E-state index is 6.66. The molecule has 0 radical (unpaired) electrons. The van der Waals surface area contributed by atoms with E-state index in [0.717, 1.165) is 55.2 Å². The highest BCUT2D eigenvalue weighted by atomic mass is 16.4. The van der Waals surface area contributed by atoms with Gasteiger partial charge in [0, 0.05) is 21.7 Å². The zero-order chi connectivity index (χ0) is 25.5. The first kappa shape index (κ1) is 20.7. The third kappa shape index (κ3) is 2.85. The van der Waals surface area contributed by atoms with Gasteiger partial charge in [-0.15, -0.1) is 0 Å². The Morgan fingerprint density at radius 1 is 0.538 bits per heavy atom. The fourth-order valence-corrected chi connectivity index (χ4v) is 6.06. The fraction of sp³-hybridized carbons (Fsp3) is 0. The number of rotatable bonds is 2. The SMILES string of the molecule is c1ccc2cc(-c3cc4nc(-n5c6ccccc6c6ccccc65)oc4c4c3oc3ccccc34)ccc2c1. The standard InChI is InChI=1S/C35H20N2O2/c1-2-10-22-19-23(18-17-21(22)9-1)27-20-28-34(32-26-13-5-8-16-31(26)38-33(27)32)39-35(36-28)37-29-14-6-3-11-24(29)25-12-4-7-15-30(25)37/h1-20H. The molecule has 0 bridgehead atoms. The molecule has 9 rings (SSSR count). The number of aromatic nitrogens is 2. The van der Waals surface area contributed by atoms with Gasteiger partial charge in [-0.25, -0.2) is 0 Å². The number of para-hydroxylation sites is 3. The number of oxazole rings is 1. The van der Waals surface area contributed by atoms with Crippen molar-refractivity contribution in [3.63, 3.8) is 0 Å². The number of hydrogen-bond acceptors (Lipinski definition) is 3. The second-order valence-corrected chi connectivity index (χ2v) is 10.0. The van der Waals surface area contributed by atoms with E-state index < -0.39 is 0 Å². The van der Waals surface area contributed by atoms with Crippen molar-refractivity contribution in [2.75, 3.05) is 0 Å². The lowest BCUT2D eigenvalue weighted by molar-refractivity contribution is 0.577. The van der Waals surface area contributed by atoms with Crippen LogP contribution in [-0.4, -0.2) is 9.55 Å². The molecule has 9 aromatic rings. The summed E-state index contributed by atoms with van der Waals surface area (Å²) < 4.78 is 15.3. The molecule has 0 aliphatic heterocycles. The van der Waals surface area contributed by atoms with Crippen LogP contribution in [0.4, 0.5) is 0 Å².